The van der Waals surface area contributed by atoms with Crippen LogP contribution < -0.4 is 0 Å². The molecule has 0 aromatic heterocycles. The Balaban J connectivity index is 2.10. The molecule has 3 aliphatic carbocycles. The van der Waals surface area contributed by atoms with Gasteiger partial charge in [0.05, 0.1) is 15.7 Å². The average Bonchev–Trinajstić information content (AvgIpc) is 2.48. The van der Waals surface area contributed by atoms with Crippen molar-refractivity contribution < 1.29 is 0 Å². The second-order valence-corrected chi connectivity index (χ2v) is 6.88. The maximum atomic E-state index is 6.51. The molecule has 86 valence electrons. The van der Waals surface area contributed by atoms with E-state index in [2.05, 4.69) is 20.8 Å². The third-order valence-corrected chi connectivity index (χ3v) is 5.61. The molecule has 16 heavy (non-hydrogen) atoms. The van der Waals surface area contributed by atoms with E-state index in [9.17, 15) is 0 Å². The molecule has 0 heterocycles. The molecule has 3 aliphatic rings. The van der Waals surface area contributed by atoms with Crippen LogP contribution in [0, 0.1) is 23.2 Å². The summed E-state index contributed by atoms with van der Waals surface area (Å²) in [4.78, 5) is 0. The van der Waals surface area contributed by atoms with Gasteiger partial charge < -0.3 is 0 Å². The molecular weight excluding hydrogens is 190 g/mol. The average molecular weight is 214 g/mol. The van der Waals surface area contributed by atoms with E-state index in [-0.39, 0.29) is 5.41 Å². The van der Waals surface area contributed by atoms with Gasteiger partial charge in [-0.1, -0.05) is 51.2 Å². The van der Waals surface area contributed by atoms with E-state index < -0.39 is 5.21 Å². The molecule has 2 heteroatoms. The minimum atomic E-state index is -0.487. The molecule has 4 radical (unpaired) electrons. The fourth-order valence-corrected chi connectivity index (χ4v) is 3.55. The summed E-state index contributed by atoms with van der Waals surface area (Å²) in [7, 11) is 13.0. The van der Waals surface area contributed by atoms with E-state index in [4.69, 9.17) is 15.7 Å². The standard InChI is InChI=1S/C14H24B2/c1-4-13(2,3)14(15,16)12-6-5-10-7-11(8-10)9-12/h10-12H,4-9H2,1-3H3. The lowest BCUT2D eigenvalue weighted by molar-refractivity contribution is 0.169. The Morgan fingerprint density at radius 3 is 2.19 bits per heavy atom. The summed E-state index contributed by atoms with van der Waals surface area (Å²) in [5, 5.41) is -0.487. The SMILES string of the molecule is [B]C([B])(C1CCC2CC(C2)C1)C(C)(C)CC. The molecule has 0 aromatic rings. The lowest BCUT2D eigenvalue weighted by Crippen LogP contribution is -2.39. The topological polar surface area (TPSA) is 0 Å². The number of rotatable bonds is 3. The van der Waals surface area contributed by atoms with Crippen LogP contribution in [0.1, 0.15) is 59.3 Å². The third kappa shape index (κ3) is 1.97. The van der Waals surface area contributed by atoms with Gasteiger partial charge in [-0.05, 0) is 36.5 Å². The van der Waals surface area contributed by atoms with Gasteiger partial charge in [0.25, 0.3) is 0 Å². The molecule has 0 saturated heterocycles. The zero-order chi connectivity index (χ0) is 12.0. The van der Waals surface area contributed by atoms with E-state index in [1.165, 1.54) is 32.1 Å². The van der Waals surface area contributed by atoms with E-state index in [0.29, 0.717) is 5.92 Å². The smallest absolute Gasteiger partial charge is 0.0631 e. The third-order valence-electron chi connectivity index (χ3n) is 5.61. The summed E-state index contributed by atoms with van der Waals surface area (Å²) in [6.45, 7) is 6.65. The number of hydrogen-bond acceptors (Lipinski definition) is 0. The van der Waals surface area contributed by atoms with Gasteiger partial charge in [-0.3, -0.25) is 0 Å². The first kappa shape index (κ1) is 12.6. The van der Waals surface area contributed by atoms with Crippen LogP contribution in [0.4, 0.5) is 0 Å². The molecular formula is C14H24B2. The Morgan fingerprint density at radius 2 is 1.62 bits per heavy atom. The Labute approximate surface area is 104 Å². The van der Waals surface area contributed by atoms with Crippen molar-refractivity contribution in [2.75, 3.05) is 0 Å². The van der Waals surface area contributed by atoms with Crippen molar-refractivity contribution in [3.63, 3.8) is 0 Å². The highest BCUT2D eigenvalue weighted by Gasteiger charge is 2.45. The van der Waals surface area contributed by atoms with Gasteiger partial charge in [-0.25, -0.2) is 0 Å². The molecule has 0 aliphatic heterocycles. The maximum Gasteiger partial charge on any atom is 0.0631 e. The van der Waals surface area contributed by atoms with E-state index in [1.807, 2.05) is 0 Å². The summed E-state index contributed by atoms with van der Waals surface area (Å²) in [5.74, 6) is 2.45. The van der Waals surface area contributed by atoms with Crippen LogP contribution in [0.5, 0.6) is 0 Å². The Hall–Kier alpha value is 0.130. The van der Waals surface area contributed by atoms with E-state index in [1.54, 1.807) is 0 Å². The van der Waals surface area contributed by atoms with Crippen LogP contribution in [0.2, 0.25) is 5.21 Å². The fourth-order valence-electron chi connectivity index (χ4n) is 3.55. The van der Waals surface area contributed by atoms with Crippen molar-refractivity contribution in [2.45, 2.75) is 64.5 Å². The molecule has 0 nitrogen and oxygen atoms in total. The van der Waals surface area contributed by atoms with Gasteiger partial charge >= 0.3 is 0 Å². The molecule has 3 rings (SSSR count). The first-order chi connectivity index (χ1) is 7.37. The fraction of sp³-hybridized carbons (Fsp3) is 1.00. The van der Waals surface area contributed by atoms with Crippen LogP contribution in [-0.4, -0.2) is 15.7 Å². The lowest BCUT2D eigenvalue weighted by atomic mass is 9.37. The molecule has 0 amide bonds. The van der Waals surface area contributed by atoms with Gasteiger partial charge in [0.15, 0.2) is 0 Å². The molecule has 3 fully saturated rings. The van der Waals surface area contributed by atoms with Crippen molar-refractivity contribution in [3.05, 3.63) is 0 Å². The van der Waals surface area contributed by atoms with Gasteiger partial charge in [0.1, 0.15) is 0 Å². The molecule has 3 saturated carbocycles. The highest BCUT2D eigenvalue weighted by atomic mass is 14.5. The van der Waals surface area contributed by atoms with Crippen molar-refractivity contribution in [2.24, 2.45) is 23.2 Å². The van der Waals surface area contributed by atoms with Gasteiger partial charge in [-0.2, -0.15) is 0 Å². The second-order valence-electron chi connectivity index (χ2n) is 6.88. The minimum absolute atomic E-state index is 0.0480. The first-order valence-electron chi connectivity index (χ1n) is 6.94. The highest BCUT2D eigenvalue weighted by Crippen LogP contribution is 2.56. The molecule has 1 atom stereocenters. The highest BCUT2D eigenvalue weighted by molar-refractivity contribution is 6.40. The van der Waals surface area contributed by atoms with Crippen LogP contribution >= 0.6 is 0 Å². The van der Waals surface area contributed by atoms with E-state index in [0.717, 1.165) is 18.3 Å². The van der Waals surface area contributed by atoms with Crippen LogP contribution in [0.25, 0.3) is 0 Å². The number of fused-ring (bicyclic) bond motifs is 3. The van der Waals surface area contributed by atoms with Crippen LogP contribution in [0.3, 0.4) is 0 Å². The molecule has 0 N–H and O–H groups in total. The zero-order valence-corrected chi connectivity index (χ0v) is 11.1. The van der Waals surface area contributed by atoms with Crippen molar-refractivity contribution >= 4 is 15.7 Å². The van der Waals surface area contributed by atoms with E-state index >= 15 is 0 Å². The van der Waals surface area contributed by atoms with Crippen molar-refractivity contribution in [1.82, 2.24) is 0 Å². The summed E-state index contributed by atoms with van der Waals surface area (Å²) in [6.07, 6.45) is 7.82. The largest absolute Gasteiger partial charge is 0.0914 e. The summed E-state index contributed by atoms with van der Waals surface area (Å²) >= 11 is 0. The predicted octanol–water partition coefficient (Wildman–Crippen LogP) is 3.70. The minimum Gasteiger partial charge on any atom is -0.0914 e. The number of hydrogen-bond donors (Lipinski definition) is 0. The summed E-state index contributed by atoms with van der Waals surface area (Å²) in [5.41, 5.74) is 0.0480. The quantitative estimate of drug-likeness (QED) is 0.628. The van der Waals surface area contributed by atoms with Crippen LogP contribution in [-0.2, 0) is 0 Å². The summed E-state index contributed by atoms with van der Waals surface area (Å²) in [6, 6.07) is 0. The Kier molecular flexibility index (Phi) is 3.23. The first-order valence-corrected chi connectivity index (χ1v) is 6.94. The monoisotopic (exact) mass is 214 g/mol. The predicted molar refractivity (Wildman–Crippen MR) is 71.8 cm³/mol. The molecule has 1 unspecified atom stereocenters. The van der Waals surface area contributed by atoms with Crippen LogP contribution in [0.15, 0.2) is 0 Å². The van der Waals surface area contributed by atoms with Crippen molar-refractivity contribution in [1.29, 1.82) is 0 Å². The Morgan fingerprint density at radius 1 is 1.00 bits per heavy atom. The second kappa shape index (κ2) is 4.10. The Bertz CT molecular complexity index is 251. The lowest BCUT2D eigenvalue weighted by Gasteiger charge is -2.49. The van der Waals surface area contributed by atoms with Gasteiger partial charge in [0, 0.05) is 0 Å². The van der Waals surface area contributed by atoms with Crippen molar-refractivity contribution in [3.8, 4) is 0 Å². The molecule has 0 spiro atoms. The maximum absolute atomic E-state index is 6.51. The normalized spacial score (nSPS) is 35.3. The zero-order valence-electron chi connectivity index (χ0n) is 11.1. The molecule has 2 bridgehead atoms. The molecule has 0 aromatic carbocycles. The summed E-state index contributed by atoms with van der Waals surface area (Å²) < 4.78 is 0. The van der Waals surface area contributed by atoms with Gasteiger partial charge in [-0.15, -0.1) is 0 Å². The van der Waals surface area contributed by atoms with Gasteiger partial charge in [0.2, 0.25) is 0 Å².